The van der Waals surface area contributed by atoms with Crippen molar-refractivity contribution in [3.8, 4) is 40.2 Å². The fourth-order valence-corrected chi connectivity index (χ4v) is 3.73. The second kappa shape index (κ2) is 33.8. The van der Waals surface area contributed by atoms with Gasteiger partial charge in [-0.25, -0.2) is 15.0 Å². The van der Waals surface area contributed by atoms with E-state index in [1.165, 1.54) is 0 Å². The number of halogens is 8. The summed E-state index contributed by atoms with van der Waals surface area (Å²) < 4.78 is 19.0. The number of rotatable bonds is 4. The van der Waals surface area contributed by atoms with Crippen molar-refractivity contribution in [1.82, 2.24) is 15.0 Å². The molecule has 0 atom stereocenters. The van der Waals surface area contributed by atoms with Crippen LogP contribution in [0, 0.1) is 11.3 Å². The van der Waals surface area contributed by atoms with Gasteiger partial charge in [0.15, 0.2) is 17.5 Å². The van der Waals surface area contributed by atoms with E-state index in [4.69, 9.17) is 61.0 Å². The van der Waals surface area contributed by atoms with Gasteiger partial charge < -0.3 is 0 Å². The second-order valence-electron chi connectivity index (χ2n) is 9.16. The van der Waals surface area contributed by atoms with Crippen molar-refractivity contribution in [3.05, 3.63) is 163 Å². The maximum Gasteiger partial charge on any atom is 0.164 e. The van der Waals surface area contributed by atoms with Crippen LogP contribution in [0.25, 0.3) is 34.2 Å². The average Bonchev–Trinajstić information content (AvgIpc) is 3.25. The quantitative estimate of drug-likeness (QED) is 0.130. The van der Waals surface area contributed by atoms with Crippen LogP contribution in [0.4, 0.5) is 8.78 Å². The van der Waals surface area contributed by atoms with Crippen LogP contribution in [-0.4, -0.2) is 46.2 Å². The van der Waals surface area contributed by atoms with Gasteiger partial charge in [-0.1, -0.05) is 175 Å². The SMILES string of the molecule is C.CC.CC.CF.CF.N#Cc1ccccc1.O=C(Cl)c1ccccc1.[Cl][Sb]([Cl])([Cl])([Cl])[Cl].c1ccc(-c2nc(-c3ccccc3)nc(-c3ccccc3)n2)cc1. The Morgan fingerprint density at radius 1 is 0.500 bits per heavy atom. The van der Waals surface area contributed by atoms with E-state index in [2.05, 4.69) is 15.0 Å². The molecule has 6 rings (SSSR count). The third kappa shape index (κ3) is 28.1. The Morgan fingerprint density at radius 3 is 0.893 bits per heavy atom. The Bertz CT molecular complexity index is 1730. The van der Waals surface area contributed by atoms with Gasteiger partial charge in [-0.3, -0.25) is 13.6 Å². The van der Waals surface area contributed by atoms with Gasteiger partial charge in [-0.05, 0) is 23.7 Å². The van der Waals surface area contributed by atoms with Crippen molar-refractivity contribution in [2.24, 2.45) is 0 Å². The summed E-state index contributed by atoms with van der Waals surface area (Å²) in [6, 6.07) is 49.9. The summed E-state index contributed by atoms with van der Waals surface area (Å²) in [7, 11) is 26.2. The van der Waals surface area contributed by atoms with Gasteiger partial charge in [-0.15, -0.1) is 0 Å². The van der Waals surface area contributed by atoms with Gasteiger partial charge >= 0.3 is 55.8 Å². The summed E-state index contributed by atoms with van der Waals surface area (Å²) >= 11 is 0.835. The predicted molar refractivity (Wildman–Crippen MR) is 242 cm³/mol. The molecule has 0 radical (unpaired) electrons. The Balaban J connectivity index is -0.000000729. The van der Waals surface area contributed by atoms with Crippen LogP contribution in [0.2, 0.25) is 0 Å². The number of nitriles is 1. The van der Waals surface area contributed by atoms with E-state index in [0.717, 1.165) is 16.7 Å². The minimum atomic E-state index is -4.33. The van der Waals surface area contributed by atoms with E-state index in [1.807, 2.05) is 149 Å². The molecule has 5 nitrogen and oxygen atoms in total. The molecule has 1 heterocycles. The van der Waals surface area contributed by atoms with Crippen molar-refractivity contribution >= 4 is 72.7 Å². The van der Waals surface area contributed by atoms with Gasteiger partial charge in [0.05, 0.1) is 26.0 Å². The second-order valence-corrected chi connectivity index (χ2v) is 47.4. The van der Waals surface area contributed by atoms with Crippen molar-refractivity contribution in [2.45, 2.75) is 35.1 Å². The van der Waals surface area contributed by atoms with E-state index in [1.54, 1.807) is 36.4 Å². The van der Waals surface area contributed by atoms with E-state index < -0.39 is 16.9 Å². The van der Waals surface area contributed by atoms with Crippen LogP contribution in [0.5, 0.6) is 0 Å². The minimum absolute atomic E-state index is 0. The third-order valence-corrected chi connectivity index (χ3v) is 5.85. The topological polar surface area (TPSA) is 79.5 Å². The van der Waals surface area contributed by atoms with E-state index in [9.17, 15) is 13.6 Å². The normalized spacial score (nSPS) is 9.55. The molecule has 0 saturated carbocycles. The molecule has 1 aromatic heterocycles. The zero-order valence-electron chi connectivity index (χ0n) is 31.1. The van der Waals surface area contributed by atoms with Crippen molar-refractivity contribution in [1.29, 1.82) is 5.26 Å². The Hall–Kier alpha value is -3.31. The van der Waals surface area contributed by atoms with Crippen LogP contribution in [0.3, 0.4) is 0 Å². The van der Waals surface area contributed by atoms with Crippen LogP contribution in [-0.2, 0) is 0 Å². The van der Waals surface area contributed by atoms with Crippen LogP contribution >= 0.6 is 55.7 Å². The Morgan fingerprint density at radius 2 is 0.714 bits per heavy atom. The van der Waals surface area contributed by atoms with Crippen LogP contribution in [0.15, 0.2) is 152 Å². The molecule has 0 N–H and O–H groups in total. The van der Waals surface area contributed by atoms with E-state index in [0.29, 0.717) is 43.0 Å². The monoisotopic (exact) mass is 992 g/mol. The molecule has 0 spiro atoms. The molecule has 0 saturated heterocycles. The molecule has 0 aliphatic carbocycles. The van der Waals surface area contributed by atoms with Gasteiger partial charge in [0.2, 0.25) is 0 Å². The first-order chi connectivity index (χ1) is 26.4. The fraction of sp³-hybridized carbons (Fsp3) is 0.167. The molecule has 0 aliphatic rings. The first-order valence-corrected chi connectivity index (χ1v) is 32.9. The number of hydrogen-bond donors (Lipinski definition) is 0. The van der Waals surface area contributed by atoms with Gasteiger partial charge in [0.1, 0.15) is 0 Å². The van der Waals surface area contributed by atoms with E-state index >= 15 is 0 Å². The number of hydrogen-bond acceptors (Lipinski definition) is 5. The first kappa shape index (κ1) is 57.0. The Labute approximate surface area is 356 Å². The standard InChI is InChI=1S/C21H15N3.C7H5ClO.C7H5N.2C2H6.2CH3F.CH4.5ClH.Sb/c1-4-10-16(11-5-1)19-22-20(17-12-6-2-7-13-17)24-21(23-19)18-14-8-3-9-15-18;8-7(9)6-4-2-1-3-5-6;8-6-7-4-2-1-3-5-7;4*1-2;;;;;;;/h1-15H;1-5H;1-5H;2*1-2H3;2*1H3;1H4;5*1H;/q;;;;;;;;;;;;;+5/p-5. The number of carbonyl (C=O) groups excluding carboxylic acids is 1. The van der Waals surface area contributed by atoms with Crippen LogP contribution < -0.4 is 0 Å². The molecule has 0 bridgehead atoms. The average molecular weight is 996 g/mol. The largest absolute Gasteiger partial charge is 0.208 e. The van der Waals surface area contributed by atoms with Gasteiger partial charge in [0, 0.05) is 22.3 Å². The molecule has 5 aromatic carbocycles. The summed E-state index contributed by atoms with van der Waals surface area (Å²) in [6.45, 7) is 8.00. The molecule has 14 heteroatoms. The number of nitrogens with zero attached hydrogens (tertiary/aromatic N) is 4. The number of carbonyl (C=O) groups is 1. The van der Waals surface area contributed by atoms with Gasteiger partial charge in [-0.2, -0.15) is 5.26 Å². The summed E-state index contributed by atoms with van der Waals surface area (Å²) in [5.41, 5.74) is 4.20. The van der Waals surface area contributed by atoms with Crippen molar-refractivity contribution in [3.63, 3.8) is 0 Å². The smallest absolute Gasteiger partial charge is 0.164 e. The summed E-state index contributed by atoms with van der Waals surface area (Å²) in [5, 5.41) is 7.88. The number of aromatic nitrogens is 3. The van der Waals surface area contributed by atoms with Gasteiger partial charge in [0.25, 0.3) is 5.24 Å². The predicted octanol–water partition coefficient (Wildman–Crippen LogP) is 15.4. The maximum atomic E-state index is 10.4. The summed E-state index contributed by atoms with van der Waals surface area (Å²) in [5.74, 6) is 2.05. The molecule has 0 fully saturated rings. The number of alkyl halides is 2. The summed E-state index contributed by atoms with van der Waals surface area (Å²) in [4.78, 5) is 24.4. The van der Waals surface area contributed by atoms with E-state index in [-0.39, 0.29) is 7.43 Å². The molecule has 0 unspecified atom stereocenters. The van der Waals surface area contributed by atoms with Crippen molar-refractivity contribution < 1.29 is 13.6 Å². The third-order valence-electron chi connectivity index (χ3n) is 5.64. The minimum Gasteiger partial charge on any atom is -0.208 e. The van der Waals surface area contributed by atoms with Crippen molar-refractivity contribution in [2.75, 3.05) is 14.4 Å². The maximum absolute atomic E-state index is 10.4. The summed E-state index contributed by atoms with van der Waals surface area (Å²) in [6.07, 6.45) is 0. The number of benzene rings is 5. The molecule has 0 amide bonds. The first-order valence-electron chi connectivity index (χ1n) is 16.4. The fourth-order valence-electron chi connectivity index (χ4n) is 3.61. The Kier molecular flexibility index (Phi) is 34.4. The molecular weight excluding hydrogens is 949 g/mol. The molecule has 302 valence electrons. The zero-order valence-corrected chi connectivity index (χ0v) is 38.2. The molecule has 0 aliphatic heterocycles. The molecule has 56 heavy (non-hydrogen) atoms. The molecular formula is C42H47Cl6F2N4OSb. The van der Waals surface area contributed by atoms with Crippen LogP contribution in [0.1, 0.15) is 51.0 Å². The molecule has 6 aromatic rings. The zero-order chi connectivity index (χ0) is 42.1.